The summed E-state index contributed by atoms with van der Waals surface area (Å²) in [5, 5.41) is 8.82. The first-order valence-electron chi connectivity index (χ1n) is 4.10. The van der Waals surface area contributed by atoms with Crippen molar-refractivity contribution in [3.05, 3.63) is 0 Å². The molecule has 1 fully saturated rings. The van der Waals surface area contributed by atoms with Crippen molar-refractivity contribution in [3.8, 4) is 6.07 Å². The van der Waals surface area contributed by atoms with Gasteiger partial charge in [-0.25, -0.2) is 0 Å². The summed E-state index contributed by atoms with van der Waals surface area (Å²) >= 11 is 1.93. The second kappa shape index (κ2) is 4.63. The molecule has 0 aromatic carbocycles. The lowest BCUT2D eigenvalue weighted by Gasteiger charge is -2.19. The van der Waals surface area contributed by atoms with Crippen LogP contribution in [0.1, 0.15) is 19.8 Å². The lowest BCUT2D eigenvalue weighted by atomic mass is 10.2. The summed E-state index contributed by atoms with van der Waals surface area (Å²) in [5.74, 6) is 2.25. The zero-order valence-electron chi connectivity index (χ0n) is 6.92. The van der Waals surface area contributed by atoms with Crippen molar-refractivity contribution in [2.75, 3.05) is 18.2 Å². The van der Waals surface area contributed by atoms with Gasteiger partial charge in [-0.2, -0.15) is 5.26 Å². The smallest absolute Gasteiger partial charge is 0.0984 e. The summed E-state index contributed by atoms with van der Waals surface area (Å²) < 4.78 is 0. The third-order valence-corrected chi connectivity index (χ3v) is 2.92. The van der Waals surface area contributed by atoms with Crippen LogP contribution in [0.15, 0.2) is 0 Å². The summed E-state index contributed by atoms with van der Waals surface area (Å²) in [6.45, 7) is 3.23. The zero-order chi connectivity index (χ0) is 8.10. The van der Waals surface area contributed by atoms with Gasteiger partial charge in [0, 0.05) is 18.2 Å². The molecule has 62 valence electrons. The third-order valence-electron chi connectivity index (χ3n) is 1.93. The van der Waals surface area contributed by atoms with Crippen LogP contribution in [0.25, 0.3) is 0 Å². The Kier molecular flexibility index (Phi) is 3.74. The molecule has 0 N–H and O–H groups in total. The second-order valence-corrected chi connectivity index (χ2v) is 3.86. The summed E-state index contributed by atoms with van der Waals surface area (Å²) in [4.78, 5) is 2.27. The molecule has 1 aliphatic heterocycles. The molecule has 0 saturated carbocycles. The molecule has 0 spiro atoms. The molecule has 0 bridgehead atoms. The lowest BCUT2D eigenvalue weighted by molar-refractivity contribution is 0.291. The van der Waals surface area contributed by atoms with Gasteiger partial charge in [0.15, 0.2) is 0 Å². The van der Waals surface area contributed by atoms with Crippen molar-refractivity contribution in [2.24, 2.45) is 0 Å². The van der Waals surface area contributed by atoms with Gasteiger partial charge in [0.25, 0.3) is 0 Å². The molecule has 1 heterocycles. The predicted molar refractivity (Wildman–Crippen MR) is 48.3 cm³/mol. The third kappa shape index (κ3) is 2.39. The highest BCUT2D eigenvalue weighted by Crippen LogP contribution is 2.18. The van der Waals surface area contributed by atoms with Crippen molar-refractivity contribution in [1.82, 2.24) is 4.90 Å². The van der Waals surface area contributed by atoms with Crippen LogP contribution < -0.4 is 0 Å². The number of hydrogen-bond acceptors (Lipinski definition) is 3. The molecule has 0 amide bonds. The lowest BCUT2D eigenvalue weighted by Crippen LogP contribution is -2.31. The minimum Gasteiger partial charge on any atom is -0.278 e. The highest BCUT2D eigenvalue weighted by Gasteiger charge is 2.20. The Bertz CT molecular complexity index is 147. The van der Waals surface area contributed by atoms with Gasteiger partial charge in [-0.15, -0.1) is 11.8 Å². The molecular formula is C8H14N2S. The van der Waals surface area contributed by atoms with Crippen molar-refractivity contribution in [2.45, 2.75) is 25.8 Å². The molecule has 0 aromatic rings. The van der Waals surface area contributed by atoms with E-state index in [1.165, 1.54) is 5.75 Å². The first-order chi connectivity index (χ1) is 5.38. The van der Waals surface area contributed by atoms with Gasteiger partial charge < -0.3 is 0 Å². The Balaban J connectivity index is 2.35. The first kappa shape index (κ1) is 8.89. The Morgan fingerprint density at radius 1 is 1.73 bits per heavy atom. The number of nitrogens with zero attached hydrogens (tertiary/aromatic N) is 2. The molecule has 0 aliphatic carbocycles. The number of thioether (sulfide) groups is 1. The van der Waals surface area contributed by atoms with E-state index in [9.17, 15) is 0 Å². The maximum absolute atomic E-state index is 8.82. The maximum atomic E-state index is 8.82. The quantitative estimate of drug-likeness (QED) is 0.645. The van der Waals surface area contributed by atoms with Crippen LogP contribution in [-0.4, -0.2) is 29.1 Å². The zero-order valence-corrected chi connectivity index (χ0v) is 7.73. The molecule has 1 atom stereocenters. The summed E-state index contributed by atoms with van der Waals surface area (Å²) in [7, 11) is 0. The fourth-order valence-corrected chi connectivity index (χ4v) is 2.31. The van der Waals surface area contributed by atoms with Crippen LogP contribution in [0.5, 0.6) is 0 Å². The average molecular weight is 170 g/mol. The molecule has 3 heteroatoms. The van der Waals surface area contributed by atoms with Crippen molar-refractivity contribution >= 4 is 11.8 Å². The van der Waals surface area contributed by atoms with Crippen LogP contribution in [0.3, 0.4) is 0 Å². The van der Waals surface area contributed by atoms with Crippen molar-refractivity contribution in [1.29, 1.82) is 5.26 Å². The fourth-order valence-electron chi connectivity index (χ4n) is 1.28. The number of nitriles is 1. The highest BCUT2D eigenvalue weighted by atomic mass is 32.2. The van der Waals surface area contributed by atoms with Crippen LogP contribution >= 0.6 is 11.8 Å². The van der Waals surface area contributed by atoms with E-state index >= 15 is 0 Å². The largest absolute Gasteiger partial charge is 0.278 e. The Morgan fingerprint density at radius 2 is 2.55 bits per heavy atom. The standard InChI is InChI=1S/C8H14N2S/c1-2-3-8(6-9)10-4-5-11-7-10/h8H,2-5,7H2,1H3. The molecule has 1 rings (SSSR count). The van der Waals surface area contributed by atoms with Gasteiger partial charge in [-0.05, 0) is 6.42 Å². The molecule has 1 unspecified atom stereocenters. The van der Waals surface area contributed by atoms with E-state index in [4.69, 9.17) is 5.26 Å². The van der Waals surface area contributed by atoms with Gasteiger partial charge in [0.05, 0.1) is 12.1 Å². The number of rotatable bonds is 3. The average Bonchev–Trinajstić information content (AvgIpc) is 2.52. The Morgan fingerprint density at radius 3 is 3.00 bits per heavy atom. The predicted octanol–water partition coefficient (Wildman–Crippen LogP) is 1.68. The van der Waals surface area contributed by atoms with E-state index in [1.807, 2.05) is 11.8 Å². The highest BCUT2D eigenvalue weighted by molar-refractivity contribution is 7.99. The van der Waals surface area contributed by atoms with E-state index in [0.29, 0.717) is 0 Å². The van der Waals surface area contributed by atoms with Gasteiger partial charge >= 0.3 is 0 Å². The van der Waals surface area contributed by atoms with Crippen molar-refractivity contribution < 1.29 is 0 Å². The van der Waals surface area contributed by atoms with Crippen LogP contribution in [0.2, 0.25) is 0 Å². The normalized spacial score (nSPS) is 21.5. The SMILES string of the molecule is CCCC(C#N)N1CCSC1. The molecule has 0 aromatic heterocycles. The maximum Gasteiger partial charge on any atom is 0.0984 e. The Labute approximate surface area is 72.6 Å². The van der Waals surface area contributed by atoms with E-state index in [1.54, 1.807) is 0 Å². The van der Waals surface area contributed by atoms with E-state index in [0.717, 1.165) is 25.3 Å². The van der Waals surface area contributed by atoms with Crippen LogP contribution in [-0.2, 0) is 0 Å². The second-order valence-electron chi connectivity index (χ2n) is 2.78. The van der Waals surface area contributed by atoms with Crippen molar-refractivity contribution in [3.63, 3.8) is 0 Å². The Hall–Kier alpha value is -0.200. The summed E-state index contributed by atoms with van der Waals surface area (Å²) in [6, 6.07) is 2.53. The molecular weight excluding hydrogens is 156 g/mol. The van der Waals surface area contributed by atoms with Crippen LogP contribution in [0, 0.1) is 11.3 Å². The van der Waals surface area contributed by atoms with Gasteiger partial charge in [-0.3, -0.25) is 4.90 Å². The first-order valence-corrected chi connectivity index (χ1v) is 5.25. The van der Waals surface area contributed by atoms with E-state index in [2.05, 4.69) is 17.9 Å². The fraction of sp³-hybridized carbons (Fsp3) is 0.875. The topological polar surface area (TPSA) is 27.0 Å². The van der Waals surface area contributed by atoms with E-state index in [-0.39, 0.29) is 6.04 Å². The molecule has 0 radical (unpaired) electrons. The summed E-state index contributed by atoms with van der Waals surface area (Å²) in [5.41, 5.74) is 0. The monoisotopic (exact) mass is 170 g/mol. The minimum absolute atomic E-state index is 0.176. The molecule has 1 saturated heterocycles. The van der Waals surface area contributed by atoms with Crippen LogP contribution in [0.4, 0.5) is 0 Å². The van der Waals surface area contributed by atoms with E-state index < -0.39 is 0 Å². The summed E-state index contributed by atoms with van der Waals surface area (Å²) in [6.07, 6.45) is 2.14. The minimum atomic E-state index is 0.176. The number of hydrogen-bond donors (Lipinski definition) is 0. The van der Waals surface area contributed by atoms with Gasteiger partial charge in [-0.1, -0.05) is 13.3 Å². The van der Waals surface area contributed by atoms with Gasteiger partial charge in [0.2, 0.25) is 0 Å². The molecule has 1 aliphatic rings. The molecule has 11 heavy (non-hydrogen) atoms. The van der Waals surface area contributed by atoms with Gasteiger partial charge in [0.1, 0.15) is 0 Å². The molecule has 2 nitrogen and oxygen atoms in total.